The molecule has 0 unspecified atom stereocenters. The van der Waals surface area contributed by atoms with Gasteiger partial charge in [-0.25, -0.2) is 23.5 Å². The van der Waals surface area contributed by atoms with Gasteiger partial charge in [0.1, 0.15) is 0 Å². The average molecular weight is 880 g/mol. The van der Waals surface area contributed by atoms with Crippen molar-refractivity contribution in [1.82, 2.24) is 19.1 Å². The van der Waals surface area contributed by atoms with Crippen LogP contribution in [-0.4, -0.2) is 84.2 Å². The number of sulfonamides is 1. The number of thioether (sulfide) groups is 2. The van der Waals surface area contributed by atoms with E-state index in [0.29, 0.717) is 5.69 Å². The number of fused-ring (bicyclic) bond motifs is 2. The molecule has 17 heteroatoms. The summed E-state index contributed by atoms with van der Waals surface area (Å²) in [6, 6.07) is 12.6. The number of aryl methyl sites for hydroxylation is 2. The molecule has 0 atom stereocenters. The zero-order valence-corrected chi connectivity index (χ0v) is 37.4. The first-order chi connectivity index (χ1) is 28.0. The van der Waals surface area contributed by atoms with E-state index in [9.17, 15) is 18.0 Å². The largest absolute Gasteiger partial charge is 0.481 e. The molecule has 0 fully saturated rings. The molecule has 0 saturated carbocycles. The number of carbonyl (C=O) groups excluding carboxylic acids is 1. The number of amides is 1. The standard InChI is InChI=1S/C24H28ClN5O3S2.C18H23N3O2S/c1-15-13-27-24(30(15)22-11-10-21(29(2)3)17-6-4-5-7-18(17)22)34-14-23(31)28-20-9-8-16(12-19(20)25)35(26,32)33;1-12-10-19-18(24-11-17(22)23)21(12)16-9-8-15(20(2)3)13-6-4-5-7-14(13)16/h8-13H,4-7,14H2,1-3H3,(H,28,31)(H2,26,32,33);8-10H,4-7,11H2,1-3H3,(H,22,23). The Hall–Kier alpha value is -4.48. The van der Waals surface area contributed by atoms with Crippen LogP contribution >= 0.6 is 35.1 Å². The first kappa shape index (κ1) is 44.1. The molecule has 3 aromatic carbocycles. The van der Waals surface area contributed by atoms with Crippen LogP contribution in [0.1, 0.15) is 59.3 Å². The molecule has 4 N–H and O–H groups in total. The molecule has 2 aliphatic rings. The number of hydrogen-bond donors (Lipinski definition) is 3. The number of carbonyl (C=O) groups is 2. The molecule has 13 nitrogen and oxygen atoms in total. The molecule has 1 amide bonds. The number of carboxylic acid groups (broad SMARTS) is 1. The zero-order valence-electron chi connectivity index (χ0n) is 34.2. The van der Waals surface area contributed by atoms with Crippen LogP contribution < -0.4 is 20.3 Å². The Balaban J connectivity index is 0.000000213. The molecule has 7 rings (SSSR count). The lowest BCUT2D eigenvalue weighted by atomic mass is 9.88. The molecule has 0 saturated heterocycles. The van der Waals surface area contributed by atoms with Gasteiger partial charge in [-0.1, -0.05) is 35.1 Å². The second-order valence-electron chi connectivity index (χ2n) is 15.1. The number of nitrogens with one attached hydrogen (secondary N) is 1. The van der Waals surface area contributed by atoms with Crippen molar-refractivity contribution in [1.29, 1.82) is 0 Å². The maximum atomic E-state index is 12.7. The van der Waals surface area contributed by atoms with Crippen molar-refractivity contribution in [3.63, 3.8) is 0 Å². The number of primary sulfonamides is 1. The van der Waals surface area contributed by atoms with Crippen molar-refractivity contribution in [3.05, 3.63) is 93.5 Å². The fraction of sp³-hybridized carbons (Fsp3) is 0.381. The predicted molar refractivity (Wildman–Crippen MR) is 239 cm³/mol. The third-order valence-electron chi connectivity index (χ3n) is 10.4. The van der Waals surface area contributed by atoms with Gasteiger partial charge in [-0.2, -0.15) is 0 Å². The van der Waals surface area contributed by atoms with Gasteiger partial charge in [0.2, 0.25) is 15.9 Å². The summed E-state index contributed by atoms with van der Waals surface area (Å²) in [5.74, 6) is -0.967. The minimum Gasteiger partial charge on any atom is -0.481 e. The summed E-state index contributed by atoms with van der Waals surface area (Å²) in [7, 11) is 4.43. The molecule has 5 aromatic rings. The van der Waals surface area contributed by atoms with Crippen molar-refractivity contribution in [2.24, 2.45) is 5.14 Å². The highest BCUT2D eigenvalue weighted by Crippen LogP contribution is 2.38. The molecule has 2 aromatic heterocycles. The molecule has 2 heterocycles. The van der Waals surface area contributed by atoms with E-state index in [4.69, 9.17) is 21.8 Å². The highest BCUT2D eigenvalue weighted by Gasteiger charge is 2.24. The Morgan fingerprint density at radius 2 is 1.22 bits per heavy atom. The van der Waals surface area contributed by atoms with Gasteiger partial charge < -0.3 is 20.2 Å². The lowest BCUT2D eigenvalue weighted by Gasteiger charge is -2.27. The highest BCUT2D eigenvalue weighted by molar-refractivity contribution is 8.00. The molecule has 0 spiro atoms. The number of nitrogens with zero attached hydrogens (tertiary/aromatic N) is 6. The number of aromatic nitrogens is 4. The molecule has 314 valence electrons. The molecular formula is C42H51ClN8O5S3. The van der Waals surface area contributed by atoms with E-state index < -0.39 is 16.0 Å². The molecule has 0 aliphatic heterocycles. The minimum absolute atomic E-state index is 0.0222. The second-order valence-corrected chi connectivity index (χ2v) is 18.9. The lowest BCUT2D eigenvalue weighted by Crippen LogP contribution is -2.18. The van der Waals surface area contributed by atoms with Crippen LogP contribution in [0.5, 0.6) is 0 Å². The smallest absolute Gasteiger partial charge is 0.313 e. The lowest BCUT2D eigenvalue weighted by molar-refractivity contribution is -0.133. The summed E-state index contributed by atoms with van der Waals surface area (Å²) >= 11 is 8.76. The number of benzene rings is 3. The maximum Gasteiger partial charge on any atom is 0.313 e. The normalized spacial score (nSPS) is 13.5. The summed E-state index contributed by atoms with van der Waals surface area (Å²) < 4.78 is 27.2. The summed E-state index contributed by atoms with van der Waals surface area (Å²) in [6.45, 7) is 4.03. The number of anilines is 3. The number of hydrogen-bond acceptors (Lipinski definition) is 10. The van der Waals surface area contributed by atoms with Crippen molar-refractivity contribution < 1.29 is 23.1 Å². The van der Waals surface area contributed by atoms with E-state index in [2.05, 4.69) is 86.7 Å². The Kier molecular flexibility index (Phi) is 14.1. The number of carboxylic acids is 1. The molecular weight excluding hydrogens is 828 g/mol. The van der Waals surface area contributed by atoms with Crippen molar-refractivity contribution in [3.8, 4) is 11.4 Å². The van der Waals surface area contributed by atoms with Crippen LogP contribution in [0.25, 0.3) is 11.4 Å². The van der Waals surface area contributed by atoms with Crippen LogP contribution in [0.2, 0.25) is 5.02 Å². The van der Waals surface area contributed by atoms with Crippen molar-refractivity contribution in [2.45, 2.75) is 80.4 Å². The topological polar surface area (TPSA) is 169 Å². The Morgan fingerprint density at radius 3 is 1.64 bits per heavy atom. The fourth-order valence-corrected chi connectivity index (χ4v) is 10.2. The van der Waals surface area contributed by atoms with Crippen LogP contribution in [0, 0.1) is 13.8 Å². The van der Waals surface area contributed by atoms with Gasteiger partial charge in [0.15, 0.2) is 10.3 Å². The SMILES string of the molecule is Cc1cnc(SCC(=O)Nc2ccc(S(N)(=O)=O)cc2Cl)n1-c1ccc(N(C)C)c2c1CCCC2.Cc1cnc(SCC(=O)O)n1-c1ccc(N(C)C)c2c1CCCC2. The summed E-state index contributed by atoms with van der Waals surface area (Å²) in [6.07, 6.45) is 12.6. The Bertz CT molecular complexity index is 2480. The van der Waals surface area contributed by atoms with Crippen LogP contribution in [0.3, 0.4) is 0 Å². The van der Waals surface area contributed by atoms with E-state index in [0.717, 1.165) is 65.2 Å². The van der Waals surface area contributed by atoms with E-state index in [1.807, 2.05) is 26.2 Å². The summed E-state index contributed by atoms with van der Waals surface area (Å²) in [5, 5.41) is 18.4. The molecule has 59 heavy (non-hydrogen) atoms. The Morgan fingerprint density at radius 1 is 0.763 bits per heavy atom. The molecule has 0 bridgehead atoms. The average Bonchev–Trinajstić information content (AvgIpc) is 3.76. The van der Waals surface area contributed by atoms with Gasteiger partial charge in [0.05, 0.1) is 38.5 Å². The number of rotatable bonds is 12. The minimum atomic E-state index is -3.87. The first-order valence-corrected chi connectivity index (χ1v) is 23.3. The van der Waals surface area contributed by atoms with Gasteiger partial charge in [0, 0.05) is 63.3 Å². The van der Waals surface area contributed by atoms with Gasteiger partial charge in [-0.05, 0) is 130 Å². The van der Waals surface area contributed by atoms with Crippen LogP contribution in [0.4, 0.5) is 17.1 Å². The number of imidazole rings is 2. The van der Waals surface area contributed by atoms with Crippen LogP contribution in [-0.2, 0) is 45.3 Å². The van der Waals surface area contributed by atoms with E-state index >= 15 is 0 Å². The number of aliphatic carboxylic acids is 1. The monoisotopic (exact) mass is 878 g/mol. The summed E-state index contributed by atoms with van der Waals surface area (Å²) in [4.78, 5) is 36.8. The molecule has 2 aliphatic carbocycles. The third kappa shape index (κ3) is 10.1. The van der Waals surface area contributed by atoms with Crippen molar-refractivity contribution in [2.75, 3.05) is 54.8 Å². The summed E-state index contributed by atoms with van der Waals surface area (Å²) in [5.41, 5.74) is 12.7. The van der Waals surface area contributed by atoms with Gasteiger partial charge in [0.25, 0.3) is 0 Å². The number of nitrogens with two attached hydrogens (primary N) is 1. The van der Waals surface area contributed by atoms with E-state index in [1.54, 1.807) is 0 Å². The quantitative estimate of drug-likeness (QED) is 0.106. The predicted octanol–water partition coefficient (Wildman–Crippen LogP) is 7.46. The van der Waals surface area contributed by atoms with Gasteiger partial charge in [-0.3, -0.25) is 18.7 Å². The fourth-order valence-electron chi connectivity index (χ4n) is 7.75. The third-order valence-corrected chi connectivity index (χ3v) is 13.5. The van der Waals surface area contributed by atoms with E-state index in [1.165, 1.54) is 94.6 Å². The van der Waals surface area contributed by atoms with Crippen molar-refractivity contribution >= 4 is 74.1 Å². The highest BCUT2D eigenvalue weighted by atomic mass is 35.5. The van der Waals surface area contributed by atoms with Gasteiger partial charge in [-0.15, -0.1) is 0 Å². The first-order valence-electron chi connectivity index (χ1n) is 19.4. The second kappa shape index (κ2) is 18.8. The maximum absolute atomic E-state index is 12.7. The Labute approximate surface area is 359 Å². The van der Waals surface area contributed by atoms with Crippen LogP contribution in [0.15, 0.2) is 70.1 Å². The van der Waals surface area contributed by atoms with E-state index in [-0.39, 0.29) is 27.3 Å². The zero-order chi connectivity index (χ0) is 42.6. The number of halogens is 1. The molecule has 0 radical (unpaired) electrons. The van der Waals surface area contributed by atoms with Gasteiger partial charge >= 0.3 is 5.97 Å².